The molecule has 20 heavy (non-hydrogen) atoms. The van der Waals surface area contributed by atoms with Crippen LogP contribution in [0.4, 0.5) is 5.69 Å². The lowest BCUT2D eigenvalue weighted by molar-refractivity contribution is -0.141. The summed E-state index contributed by atoms with van der Waals surface area (Å²) in [5.74, 6) is -0.311. The Labute approximate surface area is 119 Å². The smallest absolute Gasteiger partial charge is 0.325 e. The Balaban J connectivity index is 3.00. The van der Waals surface area contributed by atoms with Gasteiger partial charge in [-0.05, 0) is 31.5 Å². The molecule has 0 aliphatic rings. The van der Waals surface area contributed by atoms with Gasteiger partial charge in [0.15, 0.2) is 0 Å². The maximum Gasteiger partial charge on any atom is 0.325 e. The summed E-state index contributed by atoms with van der Waals surface area (Å²) in [7, 11) is 1.60. The molecule has 1 aromatic rings. The number of esters is 1. The predicted molar refractivity (Wildman–Crippen MR) is 76.6 cm³/mol. The van der Waals surface area contributed by atoms with Gasteiger partial charge in [-0.15, -0.1) is 0 Å². The SMILES string of the molecule is CCOC(=O)CN(CCOC)c1cc(C)ccc1C#N. The Hall–Kier alpha value is -2.06. The van der Waals surface area contributed by atoms with Gasteiger partial charge in [-0.1, -0.05) is 6.07 Å². The molecule has 0 aliphatic carbocycles. The van der Waals surface area contributed by atoms with Crippen molar-refractivity contribution in [3.63, 3.8) is 0 Å². The van der Waals surface area contributed by atoms with E-state index in [9.17, 15) is 10.1 Å². The number of aryl methyl sites for hydroxylation is 1. The summed E-state index contributed by atoms with van der Waals surface area (Å²) in [5.41, 5.74) is 2.30. The molecule has 0 saturated carbocycles. The van der Waals surface area contributed by atoms with Gasteiger partial charge in [0.25, 0.3) is 0 Å². The fourth-order valence-electron chi connectivity index (χ4n) is 1.85. The summed E-state index contributed by atoms with van der Waals surface area (Å²) >= 11 is 0. The van der Waals surface area contributed by atoms with Gasteiger partial charge < -0.3 is 14.4 Å². The van der Waals surface area contributed by atoms with Crippen LogP contribution in [0.2, 0.25) is 0 Å². The van der Waals surface area contributed by atoms with Crippen molar-refractivity contribution in [3.05, 3.63) is 29.3 Å². The second-order valence-corrected chi connectivity index (χ2v) is 4.35. The van der Waals surface area contributed by atoms with Gasteiger partial charge in [-0.25, -0.2) is 0 Å². The van der Waals surface area contributed by atoms with Gasteiger partial charge in [0.2, 0.25) is 0 Å². The molecule has 0 saturated heterocycles. The molecule has 0 fully saturated rings. The van der Waals surface area contributed by atoms with E-state index >= 15 is 0 Å². The third-order valence-corrected chi connectivity index (χ3v) is 2.80. The van der Waals surface area contributed by atoms with E-state index in [1.807, 2.05) is 24.0 Å². The quantitative estimate of drug-likeness (QED) is 0.712. The summed E-state index contributed by atoms with van der Waals surface area (Å²) in [6, 6.07) is 7.68. The highest BCUT2D eigenvalue weighted by molar-refractivity contribution is 5.77. The Morgan fingerprint density at radius 2 is 2.20 bits per heavy atom. The summed E-state index contributed by atoms with van der Waals surface area (Å²) in [6.45, 7) is 5.16. The highest BCUT2D eigenvalue weighted by Gasteiger charge is 2.15. The molecule has 1 rings (SSSR count). The lowest BCUT2D eigenvalue weighted by atomic mass is 10.1. The van der Waals surface area contributed by atoms with Gasteiger partial charge in [-0.2, -0.15) is 5.26 Å². The predicted octanol–water partition coefficient (Wildman–Crippen LogP) is 1.88. The minimum absolute atomic E-state index is 0.106. The molecule has 0 aliphatic heterocycles. The second kappa shape index (κ2) is 8.18. The first kappa shape index (κ1) is 16.0. The summed E-state index contributed by atoms with van der Waals surface area (Å²) in [6.07, 6.45) is 0. The van der Waals surface area contributed by atoms with E-state index in [0.717, 1.165) is 11.3 Å². The molecule has 0 bridgehead atoms. The van der Waals surface area contributed by atoms with Crippen LogP contribution in [-0.2, 0) is 14.3 Å². The number of carbonyl (C=O) groups is 1. The minimum Gasteiger partial charge on any atom is -0.465 e. The van der Waals surface area contributed by atoms with E-state index in [2.05, 4.69) is 6.07 Å². The Kier molecular flexibility index (Phi) is 6.54. The molecular formula is C15H20N2O3. The third-order valence-electron chi connectivity index (χ3n) is 2.80. The van der Waals surface area contributed by atoms with E-state index in [-0.39, 0.29) is 12.5 Å². The van der Waals surface area contributed by atoms with Crippen LogP contribution in [0.1, 0.15) is 18.1 Å². The van der Waals surface area contributed by atoms with Crippen molar-refractivity contribution < 1.29 is 14.3 Å². The summed E-state index contributed by atoms with van der Waals surface area (Å²) < 4.78 is 10.0. The molecule has 0 spiro atoms. The molecule has 5 heteroatoms. The normalized spacial score (nSPS) is 9.90. The molecule has 0 aromatic heterocycles. The molecule has 0 N–H and O–H groups in total. The molecule has 0 unspecified atom stereocenters. The Morgan fingerprint density at radius 3 is 2.80 bits per heavy atom. The number of anilines is 1. The van der Waals surface area contributed by atoms with Crippen LogP contribution in [0.3, 0.4) is 0 Å². The van der Waals surface area contributed by atoms with E-state index in [0.29, 0.717) is 25.3 Å². The van der Waals surface area contributed by atoms with Crippen LogP contribution in [0, 0.1) is 18.3 Å². The standard InChI is InChI=1S/C15H20N2O3/c1-4-20-15(18)11-17(7-8-19-3)14-9-12(2)5-6-13(14)10-16/h5-6,9H,4,7-8,11H2,1-3H3. The maximum atomic E-state index is 11.7. The number of benzene rings is 1. The van der Waals surface area contributed by atoms with Crippen LogP contribution >= 0.6 is 0 Å². The first-order chi connectivity index (χ1) is 9.62. The highest BCUT2D eigenvalue weighted by Crippen LogP contribution is 2.21. The number of ether oxygens (including phenoxy) is 2. The lowest BCUT2D eigenvalue weighted by Crippen LogP contribution is -2.34. The molecule has 5 nitrogen and oxygen atoms in total. The molecule has 1 aromatic carbocycles. The number of hydrogen-bond donors (Lipinski definition) is 0. The third kappa shape index (κ3) is 4.56. The fraction of sp³-hybridized carbons (Fsp3) is 0.467. The van der Waals surface area contributed by atoms with Crippen molar-refractivity contribution >= 4 is 11.7 Å². The van der Waals surface area contributed by atoms with Crippen LogP contribution < -0.4 is 4.90 Å². The lowest BCUT2D eigenvalue weighted by Gasteiger charge is -2.24. The van der Waals surface area contributed by atoms with Crippen LogP contribution in [0.15, 0.2) is 18.2 Å². The van der Waals surface area contributed by atoms with Gasteiger partial charge in [0.1, 0.15) is 12.6 Å². The number of rotatable bonds is 7. The molecular weight excluding hydrogens is 256 g/mol. The Morgan fingerprint density at radius 1 is 1.45 bits per heavy atom. The monoisotopic (exact) mass is 276 g/mol. The fourth-order valence-corrected chi connectivity index (χ4v) is 1.85. The van der Waals surface area contributed by atoms with Crippen molar-refractivity contribution in [2.24, 2.45) is 0 Å². The van der Waals surface area contributed by atoms with Gasteiger partial charge in [0, 0.05) is 13.7 Å². The van der Waals surface area contributed by atoms with Crippen molar-refractivity contribution in [2.45, 2.75) is 13.8 Å². The Bertz CT molecular complexity index is 494. The molecule has 0 amide bonds. The topological polar surface area (TPSA) is 62.6 Å². The zero-order chi connectivity index (χ0) is 15.0. The summed E-state index contributed by atoms with van der Waals surface area (Å²) in [4.78, 5) is 13.5. The number of hydrogen-bond acceptors (Lipinski definition) is 5. The van der Waals surface area contributed by atoms with Crippen LogP contribution in [0.25, 0.3) is 0 Å². The largest absolute Gasteiger partial charge is 0.465 e. The second-order valence-electron chi connectivity index (χ2n) is 4.35. The van der Waals surface area contributed by atoms with E-state index in [1.165, 1.54) is 0 Å². The first-order valence-electron chi connectivity index (χ1n) is 6.52. The zero-order valence-corrected chi connectivity index (χ0v) is 12.2. The maximum absolute atomic E-state index is 11.7. The van der Waals surface area contributed by atoms with Gasteiger partial charge >= 0.3 is 5.97 Å². The first-order valence-corrected chi connectivity index (χ1v) is 6.52. The van der Waals surface area contributed by atoms with E-state index < -0.39 is 0 Å². The van der Waals surface area contributed by atoms with E-state index in [4.69, 9.17) is 9.47 Å². The van der Waals surface area contributed by atoms with Crippen molar-refractivity contribution in [3.8, 4) is 6.07 Å². The van der Waals surface area contributed by atoms with E-state index in [1.54, 1.807) is 20.1 Å². The average molecular weight is 276 g/mol. The number of carbonyl (C=O) groups excluding carboxylic acids is 1. The van der Waals surface area contributed by atoms with Crippen molar-refractivity contribution in [1.29, 1.82) is 5.26 Å². The highest BCUT2D eigenvalue weighted by atomic mass is 16.5. The van der Waals surface area contributed by atoms with Gasteiger partial charge in [0.05, 0.1) is 24.5 Å². The van der Waals surface area contributed by atoms with Crippen LogP contribution in [-0.4, -0.2) is 39.4 Å². The number of methoxy groups -OCH3 is 1. The number of nitriles is 1. The average Bonchev–Trinajstić information content (AvgIpc) is 2.43. The number of nitrogens with zero attached hydrogens (tertiary/aromatic N) is 2. The van der Waals surface area contributed by atoms with Crippen LogP contribution in [0.5, 0.6) is 0 Å². The van der Waals surface area contributed by atoms with Crippen molar-refractivity contribution in [1.82, 2.24) is 0 Å². The molecule has 0 heterocycles. The minimum atomic E-state index is -0.311. The molecule has 0 atom stereocenters. The summed E-state index contributed by atoms with van der Waals surface area (Å²) in [5, 5.41) is 9.20. The van der Waals surface area contributed by atoms with Crippen molar-refractivity contribution in [2.75, 3.05) is 38.3 Å². The molecule has 0 radical (unpaired) electrons. The molecule has 108 valence electrons. The zero-order valence-electron chi connectivity index (χ0n) is 12.2. The van der Waals surface area contributed by atoms with Gasteiger partial charge in [-0.3, -0.25) is 4.79 Å².